The maximum atomic E-state index is 12.9. The number of alkyl halides is 2. The van der Waals surface area contributed by atoms with Crippen LogP contribution in [-0.2, 0) is 9.53 Å². The molecule has 0 aliphatic heterocycles. The average molecular weight is 274 g/mol. The van der Waals surface area contributed by atoms with Gasteiger partial charge >= 0.3 is 5.97 Å². The Kier molecular flexibility index (Phi) is 5.23. The molecule has 1 rings (SSSR count). The van der Waals surface area contributed by atoms with Crippen molar-refractivity contribution < 1.29 is 28.2 Å². The van der Waals surface area contributed by atoms with Crippen molar-refractivity contribution >= 4 is 5.97 Å². The Bertz CT molecular complexity index is 460. The zero-order chi connectivity index (χ0) is 14.6. The highest BCUT2D eigenvalue weighted by molar-refractivity contribution is 5.78. The lowest BCUT2D eigenvalue weighted by molar-refractivity contribution is -0.153. The SMILES string of the molecule is CCOC(=O)C(O)c1c(C)ccc(C(F)F)c1OC. The number of aliphatic hydroxyl groups excluding tert-OH is 1. The number of ether oxygens (including phenoxy) is 2. The van der Waals surface area contributed by atoms with E-state index in [0.717, 1.165) is 0 Å². The van der Waals surface area contributed by atoms with E-state index in [9.17, 15) is 18.7 Å². The number of rotatable bonds is 5. The molecule has 1 atom stereocenters. The smallest absolute Gasteiger partial charge is 0.339 e. The van der Waals surface area contributed by atoms with Gasteiger partial charge in [0.2, 0.25) is 0 Å². The average Bonchev–Trinajstić information content (AvgIpc) is 2.37. The van der Waals surface area contributed by atoms with Crippen molar-refractivity contribution in [1.82, 2.24) is 0 Å². The summed E-state index contributed by atoms with van der Waals surface area (Å²) in [6.45, 7) is 3.27. The van der Waals surface area contributed by atoms with Crippen molar-refractivity contribution in [2.24, 2.45) is 0 Å². The molecule has 0 aliphatic rings. The van der Waals surface area contributed by atoms with Gasteiger partial charge in [-0.3, -0.25) is 0 Å². The Balaban J connectivity index is 3.32. The van der Waals surface area contributed by atoms with Crippen LogP contribution in [0.25, 0.3) is 0 Å². The summed E-state index contributed by atoms with van der Waals surface area (Å²) in [6.07, 6.45) is -4.41. The maximum absolute atomic E-state index is 12.9. The molecule has 106 valence electrons. The van der Waals surface area contributed by atoms with Gasteiger partial charge in [-0.1, -0.05) is 6.07 Å². The van der Waals surface area contributed by atoms with Crippen LogP contribution in [0.1, 0.15) is 36.1 Å². The Labute approximate surface area is 109 Å². The van der Waals surface area contributed by atoms with Crippen molar-refractivity contribution in [2.45, 2.75) is 26.4 Å². The van der Waals surface area contributed by atoms with Crippen LogP contribution in [0.4, 0.5) is 8.78 Å². The predicted molar refractivity (Wildman–Crippen MR) is 64.3 cm³/mol. The van der Waals surface area contributed by atoms with E-state index >= 15 is 0 Å². The minimum atomic E-state index is -2.76. The van der Waals surface area contributed by atoms with E-state index in [1.54, 1.807) is 13.8 Å². The Morgan fingerprint density at radius 3 is 2.53 bits per heavy atom. The van der Waals surface area contributed by atoms with E-state index in [2.05, 4.69) is 4.74 Å². The fourth-order valence-electron chi connectivity index (χ4n) is 1.79. The summed E-state index contributed by atoms with van der Waals surface area (Å²) in [5.74, 6) is -1.08. The van der Waals surface area contributed by atoms with Crippen LogP contribution in [-0.4, -0.2) is 24.8 Å². The van der Waals surface area contributed by atoms with Crippen molar-refractivity contribution in [2.75, 3.05) is 13.7 Å². The van der Waals surface area contributed by atoms with Crippen LogP contribution in [0.2, 0.25) is 0 Å². The van der Waals surface area contributed by atoms with E-state index in [0.29, 0.717) is 5.56 Å². The van der Waals surface area contributed by atoms with Crippen LogP contribution < -0.4 is 4.74 Å². The number of carbonyl (C=O) groups excluding carboxylic acids is 1. The Morgan fingerprint density at radius 2 is 2.05 bits per heavy atom. The number of halogens is 2. The van der Waals surface area contributed by atoms with Gasteiger partial charge in [0.15, 0.2) is 6.10 Å². The lowest BCUT2D eigenvalue weighted by atomic mass is 9.98. The van der Waals surface area contributed by atoms with E-state index in [4.69, 9.17) is 4.74 Å². The third-order valence-electron chi connectivity index (χ3n) is 2.67. The highest BCUT2D eigenvalue weighted by Crippen LogP contribution is 2.37. The number of hydrogen-bond donors (Lipinski definition) is 1. The first-order valence-electron chi connectivity index (χ1n) is 5.74. The fourth-order valence-corrected chi connectivity index (χ4v) is 1.79. The summed E-state index contributed by atoms with van der Waals surface area (Å²) in [4.78, 5) is 11.5. The number of esters is 1. The molecule has 0 heterocycles. The maximum Gasteiger partial charge on any atom is 0.339 e. The fraction of sp³-hybridized carbons (Fsp3) is 0.462. The number of benzene rings is 1. The molecule has 0 spiro atoms. The van der Waals surface area contributed by atoms with Crippen LogP contribution >= 0.6 is 0 Å². The van der Waals surface area contributed by atoms with Gasteiger partial charge < -0.3 is 14.6 Å². The summed E-state index contributed by atoms with van der Waals surface area (Å²) in [6, 6.07) is 2.61. The van der Waals surface area contributed by atoms with Gasteiger partial charge in [0, 0.05) is 5.56 Å². The standard InChI is InChI=1S/C13H16F2O4/c1-4-19-13(17)10(16)9-7(2)5-6-8(12(14)15)11(9)18-3/h5-6,10,12,16H,4H2,1-3H3. The van der Waals surface area contributed by atoms with Crippen LogP contribution in [0.15, 0.2) is 12.1 Å². The largest absolute Gasteiger partial charge is 0.496 e. The minimum absolute atomic E-state index is 0.0127. The van der Waals surface area contributed by atoms with Gasteiger partial charge in [0.05, 0.1) is 19.3 Å². The van der Waals surface area contributed by atoms with Crippen molar-refractivity contribution in [3.63, 3.8) is 0 Å². The molecule has 1 unspecified atom stereocenters. The van der Waals surface area contributed by atoms with Crippen molar-refractivity contribution in [3.8, 4) is 5.75 Å². The molecular weight excluding hydrogens is 258 g/mol. The number of hydrogen-bond acceptors (Lipinski definition) is 4. The minimum Gasteiger partial charge on any atom is -0.496 e. The van der Waals surface area contributed by atoms with Gasteiger partial charge in [-0.2, -0.15) is 0 Å². The van der Waals surface area contributed by atoms with E-state index in [-0.39, 0.29) is 23.5 Å². The molecule has 1 aromatic rings. The summed E-state index contributed by atoms with van der Waals surface area (Å²) in [7, 11) is 1.21. The second kappa shape index (κ2) is 6.47. The molecule has 0 radical (unpaired) electrons. The number of carbonyl (C=O) groups is 1. The molecule has 0 bridgehead atoms. The van der Waals surface area contributed by atoms with E-state index < -0.39 is 18.5 Å². The van der Waals surface area contributed by atoms with Crippen molar-refractivity contribution in [3.05, 3.63) is 28.8 Å². The molecule has 4 nitrogen and oxygen atoms in total. The zero-order valence-corrected chi connectivity index (χ0v) is 10.9. The highest BCUT2D eigenvalue weighted by atomic mass is 19.3. The predicted octanol–water partition coefficient (Wildman–Crippen LogP) is 2.54. The monoisotopic (exact) mass is 274 g/mol. The van der Waals surface area contributed by atoms with Crippen LogP contribution in [0, 0.1) is 6.92 Å². The van der Waals surface area contributed by atoms with Gasteiger partial charge in [-0.25, -0.2) is 13.6 Å². The Morgan fingerprint density at radius 1 is 1.42 bits per heavy atom. The number of aliphatic hydroxyl groups is 1. The molecule has 0 aliphatic carbocycles. The first-order chi connectivity index (χ1) is 8.93. The quantitative estimate of drug-likeness (QED) is 0.838. The Hall–Kier alpha value is -1.69. The molecule has 1 aromatic carbocycles. The number of methoxy groups -OCH3 is 1. The highest BCUT2D eigenvalue weighted by Gasteiger charge is 2.28. The molecule has 0 saturated heterocycles. The third-order valence-corrected chi connectivity index (χ3v) is 2.67. The summed E-state index contributed by atoms with van der Waals surface area (Å²) in [5.41, 5.74) is 0.118. The van der Waals surface area contributed by atoms with Gasteiger partial charge in [-0.15, -0.1) is 0 Å². The summed E-state index contributed by atoms with van der Waals surface area (Å²) < 4.78 is 35.3. The molecule has 0 saturated carbocycles. The van der Waals surface area contributed by atoms with Gasteiger partial charge in [-0.05, 0) is 25.5 Å². The number of aryl methyl sites for hydroxylation is 1. The first kappa shape index (κ1) is 15.4. The molecule has 0 fully saturated rings. The van der Waals surface area contributed by atoms with E-state index in [1.165, 1.54) is 19.2 Å². The molecular formula is C13H16F2O4. The lowest BCUT2D eigenvalue weighted by Gasteiger charge is -2.19. The topological polar surface area (TPSA) is 55.8 Å². The summed E-state index contributed by atoms with van der Waals surface area (Å²) >= 11 is 0. The van der Waals surface area contributed by atoms with Gasteiger partial charge in [0.25, 0.3) is 6.43 Å². The molecule has 0 amide bonds. The van der Waals surface area contributed by atoms with Crippen molar-refractivity contribution in [1.29, 1.82) is 0 Å². The van der Waals surface area contributed by atoms with E-state index in [1.807, 2.05) is 0 Å². The zero-order valence-electron chi connectivity index (χ0n) is 10.9. The summed E-state index contributed by atoms with van der Waals surface area (Å²) in [5, 5.41) is 9.92. The second-order valence-electron chi connectivity index (χ2n) is 3.87. The normalized spacial score (nSPS) is 12.4. The molecule has 6 heteroatoms. The molecule has 0 aromatic heterocycles. The molecule has 1 N–H and O–H groups in total. The molecule has 19 heavy (non-hydrogen) atoms. The first-order valence-corrected chi connectivity index (χ1v) is 5.74. The second-order valence-corrected chi connectivity index (χ2v) is 3.87. The van der Waals surface area contributed by atoms with Crippen LogP contribution in [0.3, 0.4) is 0 Å². The lowest BCUT2D eigenvalue weighted by Crippen LogP contribution is -2.18. The third kappa shape index (κ3) is 3.20. The van der Waals surface area contributed by atoms with Crippen LogP contribution in [0.5, 0.6) is 5.75 Å². The van der Waals surface area contributed by atoms with Gasteiger partial charge in [0.1, 0.15) is 5.75 Å².